The molecule has 0 radical (unpaired) electrons. The lowest BCUT2D eigenvalue weighted by Gasteiger charge is -2.16. The maximum atomic E-state index is 11.9. The van der Waals surface area contributed by atoms with Crippen molar-refractivity contribution in [3.8, 4) is 0 Å². The van der Waals surface area contributed by atoms with E-state index >= 15 is 0 Å². The predicted octanol–water partition coefficient (Wildman–Crippen LogP) is 4.44. The van der Waals surface area contributed by atoms with Crippen LogP contribution in [0.25, 0.3) is 33.7 Å². The molecule has 0 aliphatic heterocycles. The van der Waals surface area contributed by atoms with Crippen molar-refractivity contribution in [3.05, 3.63) is 60.7 Å². The quantitative estimate of drug-likeness (QED) is 0.534. The maximum absolute atomic E-state index is 11.9. The zero-order chi connectivity index (χ0) is 17.4. The van der Waals surface area contributed by atoms with E-state index in [1.807, 2.05) is 30.3 Å². The fourth-order valence-electron chi connectivity index (χ4n) is 2.93. The van der Waals surface area contributed by atoms with Crippen LogP contribution in [-0.4, -0.2) is 17.5 Å². The first-order valence-corrected chi connectivity index (χ1v) is 9.20. The van der Waals surface area contributed by atoms with Crippen LogP contribution in [0.4, 0.5) is 0 Å². The molecule has 2 N–H and O–H groups in total. The molecule has 0 aromatic heterocycles. The van der Waals surface area contributed by atoms with E-state index in [2.05, 4.69) is 13.2 Å². The SMILES string of the molecule is C=Cc1c(S(=O)O)c(S(=O)O)c2cc3ccccc3cc2c1C=C. The summed E-state index contributed by atoms with van der Waals surface area (Å²) in [5.74, 6) is 0. The lowest BCUT2D eigenvalue weighted by atomic mass is 9.95. The summed E-state index contributed by atoms with van der Waals surface area (Å²) in [4.78, 5) is -0.180. The van der Waals surface area contributed by atoms with E-state index in [4.69, 9.17) is 0 Å². The first kappa shape index (κ1) is 16.7. The molecule has 0 bridgehead atoms. The molecule has 0 fully saturated rings. The van der Waals surface area contributed by atoms with Crippen LogP contribution in [0.1, 0.15) is 11.1 Å². The summed E-state index contributed by atoms with van der Waals surface area (Å²) in [5.41, 5.74) is 0.948. The van der Waals surface area contributed by atoms with Gasteiger partial charge in [0.2, 0.25) is 0 Å². The van der Waals surface area contributed by atoms with Crippen LogP contribution in [0.5, 0.6) is 0 Å². The van der Waals surface area contributed by atoms with E-state index in [0.29, 0.717) is 21.9 Å². The third-order valence-corrected chi connectivity index (χ3v) is 5.59. The largest absolute Gasteiger partial charge is 0.302 e. The summed E-state index contributed by atoms with van der Waals surface area (Å²) < 4.78 is 43.3. The first-order valence-electron chi connectivity index (χ1n) is 6.98. The number of rotatable bonds is 4. The van der Waals surface area contributed by atoms with Crippen LogP contribution >= 0.6 is 0 Å². The second kappa shape index (κ2) is 6.41. The Labute approximate surface area is 144 Å². The maximum Gasteiger partial charge on any atom is 0.188 e. The molecule has 0 saturated carbocycles. The van der Waals surface area contributed by atoms with E-state index in [9.17, 15) is 17.5 Å². The second-order valence-corrected chi connectivity index (χ2v) is 6.95. The highest BCUT2D eigenvalue weighted by atomic mass is 32.2. The minimum Gasteiger partial charge on any atom is -0.302 e. The molecule has 3 rings (SSSR count). The van der Waals surface area contributed by atoms with Gasteiger partial charge in [0.05, 0.1) is 9.79 Å². The number of fused-ring (bicyclic) bond motifs is 2. The molecule has 0 aliphatic carbocycles. The molecule has 3 aromatic rings. The van der Waals surface area contributed by atoms with Crippen molar-refractivity contribution in [3.63, 3.8) is 0 Å². The summed E-state index contributed by atoms with van der Waals surface area (Å²) in [5, 5.41) is 2.96. The molecule has 0 spiro atoms. The molecular weight excluding hydrogens is 344 g/mol. The van der Waals surface area contributed by atoms with Crippen LogP contribution in [-0.2, 0) is 22.2 Å². The second-order valence-electron chi connectivity index (χ2n) is 5.14. The lowest BCUT2D eigenvalue weighted by Crippen LogP contribution is -2.05. The molecule has 2 unspecified atom stereocenters. The molecule has 4 nitrogen and oxygen atoms in total. The Morgan fingerprint density at radius 3 is 1.75 bits per heavy atom. The van der Waals surface area contributed by atoms with Gasteiger partial charge in [-0.3, -0.25) is 0 Å². The van der Waals surface area contributed by atoms with Crippen LogP contribution in [0.3, 0.4) is 0 Å². The van der Waals surface area contributed by atoms with Gasteiger partial charge in [0.15, 0.2) is 22.2 Å². The molecule has 0 saturated heterocycles. The Balaban J connectivity index is 2.69. The van der Waals surface area contributed by atoms with Crippen molar-refractivity contribution >= 4 is 55.9 Å². The van der Waals surface area contributed by atoms with Gasteiger partial charge in [0, 0.05) is 10.9 Å². The molecule has 122 valence electrons. The van der Waals surface area contributed by atoms with Gasteiger partial charge < -0.3 is 9.11 Å². The highest BCUT2D eigenvalue weighted by molar-refractivity contribution is 7.82. The smallest absolute Gasteiger partial charge is 0.188 e. The molecule has 0 aliphatic rings. The van der Waals surface area contributed by atoms with Gasteiger partial charge in [0.1, 0.15) is 0 Å². The van der Waals surface area contributed by atoms with Crippen LogP contribution in [0, 0.1) is 0 Å². The lowest BCUT2D eigenvalue weighted by molar-refractivity contribution is 0.551. The molecule has 6 heteroatoms. The van der Waals surface area contributed by atoms with Crippen LogP contribution in [0.15, 0.2) is 59.3 Å². The van der Waals surface area contributed by atoms with Gasteiger partial charge in [-0.1, -0.05) is 49.6 Å². The Morgan fingerprint density at radius 1 is 0.792 bits per heavy atom. The molecule has 24 heavy (non-hydrogen) atoms. The zero-order valence-corrected chi connectivity index (χ0v) is 14.2. The van der Waals surface area contributed by atoms with Gasteiger partial charge in [-0.25, -0.2) is 8.42 Å². The van der Waals surface area contributed by atoms with E-state index in [-0.39, 0.29) is 9.79 Å². The van der Waals surface area contributed by atoms with E-state index in [0.717, 1.165) is 10.8 Å². The fraction of sp³-hybridized carbons (Fsp3) is 0. The minimum atomic E-state index is -2.45. The van der Waals surface area contributed by atoms with Crippen molar-refractivity contribution in [1.82, 2.24) is 0 Å². The fourth-order valence-corrected chi connectivity index (χ4v) is 4.64. The van der Waals surface area contributed by atoms with Crippen molar-refractivity contribution in [2.24, 2.45) is 0 Å². The third kappa shape index (κ3) is 2.53. The zero-order valence-electron chi connectivity index (χ0n) is 12.6. The van der Waals surface area contributed by atoms with Crippen molar-refractivity contribution in [2.45, 2.75) is 9.79 Å². The van der Waals surface area contributed by atoms with Gasteiger partial charge in [0.25, 0.3) is 0 Å². The van der Waals surface area contributed by atoms with Crippen molar-refractivity contribution in [2.75, 3.05) is 0 Å². The predicted molar refractivity (Wildman–Crippen MR) is 99.7 cm³/mol. The van der Waals surface area contributed by atoms with Crippen LogP contribution in [0.2, 0.25) is 0 Å². The topological polar surface area (TPSA) is 74.6 Å². The monoisotopic (exact) mass is 358 g/mol. The standard InChI is InChI=1S/C18H14O4S2/c1-3-13-14(4-2)17(23(19)20)18(24(21)22)16-10-12-8-6-5-7-11(12)9-15(13)16/h3-10H,1-2H2,(H,19,20)(H,21,22). The summed E-state index contributed by atoms with van der Waals surface area (Å²) in [6.45, 7) is 7.46. The van der Waals surface area contributed by atoms with Gasteiger partial charge in [-0.2, -0.15) is 0 Å². The molecule has 2 atom stereocenters. The van der Waals surface area contributed by atoms with E-state index < -0.39 is 22.2 Å². The summed E-state index contributed by atoms with van der Waals surface area (Å²) in [6.07, 6.45) is 2.97. The third-order valence-electron chi connectivity index (χ3n) is 3.92. The average molecular weight is 358 g/mol. The number of hydrogen-bond donors (Lipinski definition) is 2. The van der Waals surface area contributed by atoms with E-state index in [1.165, 1.54) is 6.08 Å². The van der Waals surface area contributed by atoms with Gasteiger partial charge in [-0.05, 0) is 33.9 Å². The van der Waals surface area contributed by atoms with E-state index in [1.54, 1.807) is 12.1 Å². The Kier molecular flexibility index (Phi) is 4.47. The first-order chi connectivity index (χ1) is 11.5. The Morgan fingerprint density at radius 2 is 1.29 bits per heavy atom. The molecular formula is C18H14O4S2. The molecule has 0 heterocycles. The summed E-state index contributed by atoms with van der Waals surface area (Å²) in [6, 6.07) is 11.2. The normalized spacial score (nSPS) is 13.8. The number of hydrogen-bond acceptors (Lipinski definition) is 2. The van der Waals surface area contributed by atoms with Crippen LogP contribution < -0.4 is 0 Å². The Hall–Kier alpha value is -2.12. The highest BCUT2D eigenvalue weighted by Crippen LogP contribution is 2.37. The minimum absolute atomic E-state index is 0.0721. The van der Waals surface area contributed by atoms with Crippen molar-refractivity contribution < 1.29 is 17.5 Å². The average Bonchev–Trinajstić information content (AvgIpc) is 2.57. The van der Waals surface area contributed by atoms with Gasteiger partial charge >= 0.3 is 0 Å². The molecule has 3 aromatic carbocycles. The summed E-state index contributed by atoms with van der Waals surface area (Å²) >= 11 is -4.88. The highest BCUT2D eigenvalue weighted by Gasteiger charge is 2.23. The Bertz CT molecular complexity index is 1050. The number of benzene rings is 3. The summed E-state index contributed by atoms with van der Waals surface area (Å²) in [7, 11) is 0. The molecule has 0 amide bonds. The van der Waals surface area contributed by atoms with Gasteiger partial charge in [-0.15, -0.1) is 0 Å². The van der Waals surface area contributed by atoms with Crippen molar-refractivity contribution in [1.29, 1.82) is 0 Å².